The number of aryl methyl sites for hydroxylation is 1. The zero-order valence-corrected chi connectivity index (χ0v) is 18.1. The summed E-state index contributed by atoms with van der Waals surface area (Å²) in [6.45, 7) is 5.46. The second-order valence-corrected chi connectivity index (χ2v) is 8.37. The number of nitrogens with one attached hydrogen (secondary N) is 1. The summed E-state index contributed by atoms with van der Waals surface area (Å²) in [6.07, 6.45) is 2.78. The van der Waals surface area contributed by atoms with Crippen LogP contribution in [0.3, 0.4) is 0 Å². The van der Waals surface area contributed by atoms with Gasteiger partial charge in [0.2, 0.25) is 0 Å². The summed E-state index contributed by atoms with van der Waals surface area (Å²) >= 11 is 0. The molecule has 2 aliphatic heterocycles. The maximum atomic E-state index is 13.1. The number of rotatable bonds is 2. The minimum atomic E-state index is -0.592. The summed E-state index contributed by atoms with van der Waals surface area (Å²) < 4.78 is 5.77. The molecule has 0 unspecified atom stereocenters. The van der Waals surface area contributed by atoms with Crippen LogP contribution >= 0.6 is 0 Å². The van der Waals surface area contributed by atoms with E-state index >= 15 is 0 Å². The minimum Gasteiger partial charge on any atom is -0.451 e. The highest BCUT2D eigenvalue weighted by Gasteiger charge is 2.46. The van der Waals surface area contributed by atoms with Crippen molar-refractivity contribution in [3.8, 4) is 0 Å². The van der Waals surface area contributed by atoms with Crippen LogP contribution in [0.4, 0.5) is 5.82 Å². The van der Waals surface area contributed by atoms with Gasteiger partial charge < -0.3 is 19.5 Å². The van der Waals surface area contributed by atoms with Crippen molar-refractivity contribution in [3.05, 3.63) is 69.7 Å². The summed E-state index contributed by atoms with van der Waals surface area (Å²) in [5.74, 6) is 0.250. The van der Waals surface area contributed by atoms with Crippen molar-refractivity contribution in [1.82, 2.24) is 15.2 Å². The smallest absolute Gasteiger partial charge is 0.289 e. The lowest BCUT2D eigenvalue weighted by Gasteiger charge is -2.51. The molecule has 32 heavy (non-hydrogen) atoms. The molecule has 2 amide bonds. The Labute approximate surface area is 184 Å². The van der Waals surface area contributed by atoms with E-state index in [4.69, 9.17) is 4.42 Å². The summed E-state index contributed by atoms with van der Waals surface area (Å²) in [4.78, 5) is 46.6. The van der Waals surface area contributed by atoms with Crippen molar-refractivity contribution in [2.75, 3.05) is 24.5 Å². The molecule has 8 nitrogen and oxygen atoms in total. The summed E-state index contributed by atoms with van der Waals surface area (Å²) in [6, 6.07) is 10.1. The van der Waals surface area contributed by atoms with Crippen molar-refractivity contribution in [3.63, 3.8) is 0 Å². The number of hydrogen-bond acceptors (Lipinski definition) is 6. The topological polar surface area (TPSA) is 95.8 Å². The van der Waals surface area contributed by atoms with Gasteiger partial charge in [-0.3, -0.25) is 14.4 Å². The van der Waals surface area contributed by atoms with Crippen LogP contribution in [0.2, 0.25) is 0 Å². The average Bonchev–Trinajstić information content (AvgIpc) is 2.80. The van der Waals surface area contributed by atoms with Gasteiger partial charge in [-0.2, -0.15) is 0 Å². The van der Waals surface area contributed by atoms with E-state index in [2.05, 4.69) is 15.2 Å². The van der Waals surface area contributed by atoms with Gasteiger partial charge in [-0.1, -0.05) is 11.6 Å². The van der Waals surface area contributed by atoms with E-state index in [9.17, 15) is 14.4 Å². The maximum absolute atomic E-state index is 13.1. The largest absolute Gasteiger partial charge is 0.451 e. The molecule has 5 rings (SSSR count). The third-order valence-corrected chi connectivity index (χ3v) is 6.44. The monoisotopic (exact) mass is 432 g/mol. The fourth-order valence-corrected chi connectivity index (χ4v) is 4.80. The number of hydrogen-bond donors (Lipinski definition) is 1. The molecule has 2 aromatic heterocycles. The number of anilines is 1. The van der Waals surface area contributed by atoms with Gasteiger partial charge in [0.15, 0.2) is 11.2 Å². The molecule has 164 valence electrons. The maximum Gasteiger partial charge on any atom is 0.289 e. The van der Waals surface area contributed by atoms with E-state index in [0.29, 0.717) is 54.8 Å². The fraction of sp³-hybridized carbons (Fsp3) is 0.333. The Morgan fingerprint density at radius 2 is 1.97 bits per heavy atom. The van der Waals surface area contributed by atoms with Gasteiger partial charge >= 0.3 is 0 Å². The highest BCUT2D eigenvalue weighted by atomic mass is 16.3. The molecule has 3 aromatic rings. The molecule has 0 bridgehead atoms. The van der Waals surface area contributed by atoms with Gasteiger partial charge in [0, 0.05) is 44.7 Å². The molecule has 1 saturated heterocycles. The Hall–Kier alpha value is -3.68. The minimum absolute atomic E-state index is 0.0364. The Balaban J connectivity index is 1.39. The van der Waals surface area contributed by atoms with Crippen LogP contribution in [-0.2, 0) is 0 Å². The van der Waals surface area contributed by atoms with Crippen molar-refractivity contribution in [2.45, 2.75) is 32.4 Å². The molecule has 0 aliphatic carbocycles. The van der Waals surface area contributed by atoms with Gasteiger partial charge in [-0.15, -0.1) is 0 Å². The van der Waals surface area contributed by atoms with Crippen LogP contribution in [0, 0.1) is 6.92 Å². The Morgan fingerprint density at radius 3 is 2.72 bits per heavy atom. The van der Waals surface area contributed by atoms with Crippen molar-refractivity contribution < 1.29 is 14.0 Å². The first-order valence-corrected chi connectivity index (χ1v) is 10.8. The van der Waals surface area contributed by atoms with E-state index in [0.717, 1.165) is 5.56 Å². The van der Waals surface area contributed by atoms with Gasteiger partial charge in [0.25, 0.3) is 11.8 Å². The Kier molecular flexibility index (Phi) is 4.73. The molecule has 0 radical (unpaired) electrons. The van der Waals surface area contributed by atoms with Crippen LogP contribution in [-0.4, -0.2) is 47.0 Å². The van der Waals surface area contributed by atoms with E-state index < -0.39 is 5.66 Å². The van der Waals surface area contributed by atoms with Crippen molar-refractivity contribution in [1.29, 1.82) is 0 Å². The molecule has 8 heteroatoms. The highest BCUT2D eigenvalue weighted by Crippen LogP contribution is 2.36. The zero-order chi connectivity index (χ0) is 22.5. The molecule has 4 heterocycles. The Morgan fingerprint density at radius 1 is 1.19 bits per heavy atom. The number of nitrogens with zero attached hydrogens (tertiary/aromatic N) is 3. The third-order valence-electron chi connectivity index (χ3n) is 6.44. The average molecular weight is 432 g/mol. The molecule has 2 aliphatic rings. The van der Waals surface area contributed by atoms with Crippen LogP contribution in [0.1, 0.15) is 46.2 Å². The number of piperidine rings is 1. The predicted octanol–water partition coefficient (Wildman–Crippen LogP) is 2.70. The fourth-order valence-electron chi connectivity index (χ4n) is 4.80. The first kappa shape index (κ1) is 20.2. The molecule has 1 spiro atoms. The molecule has 1 fully saturated rings. The number of carbonyl (C=O) groups excluding carboxylic acids is 2. The Bertz CT molecular complexity index is 1290. The quantitative estimate of drug-likeness (QED) is 0.669. The van der Waals surface area contributed by atoms with Crippen LogP contribution in [0.15, 0.2) is 51.8 Å². The molecular formula is C24H24N4O4. The standard InChI is InChI=1S/C24H24N4O4/c1-3-28-21-16(5-4-10-25-21)22(30)26-24(28)8-11-27(12-9-24)23(31)20-14-18(29)17-13-15(2)6-7-19(17)32-20/h4-7,10,13-14H,3,8-9,11-12H2,1-2H3,(H,26,30). The normalized spacial score (nSPS) is 17.4. The predicted molar refractivity (Wildman–Crippen MR) is 120 cm³/mol. The number of aromatic nitrogens is 1. The summed E-state index contributed by atoms with van der Waals surface area (Å²) in [5, 5.41) is 3.63. The first-order valence-electron chi connectivity index (χ1n) is 10.8. The molecule has 1 aromatic carbocycles. The van der Waals surface area contributed by atoms with E-state index in [1.807, 2.05) is 19.9 Å². The lowest BCUT2D eigenvalue weighted by Crippen LogP contribution is -2.68. The lowest BCUT2D eigenvalue weighted by atomic mass is 9.91. The number of benzene rings is 1. The van der Waals surface area contributed by atoms with Crippen molar-refractivity contribution in [2.24, 2.45) is 0 Å². The number of amides is 2. The second-order valence-electron chi connectivity index (χ2n) is 8.37. The molecular weight excluding hydrogens is 408 g/mol. The molecule has 1 N–H and O–H groups in total. The SMILES string of the molecule is CCN1c2ncccc2C(=O)NC12CCN(C(=O)c1cc(=O)c3cc(C)ccc3o1)CC2. The van der Waals surface area contributed by atoms with Crippen LogP contribution in [0.5, 0.6) is 0 Å². The van der Waals surface area contributed by atoms with E-state index in [-0.39, 0.29) is 23.0 Å². The lowest BCUT2D eigenvalue weighted by molar-refractivity contribution is 0.0577. The van der Waals surface area contributed by atoms with E-state index in [1.54, 1.807) is 35.4 Å². The zero-order valence-electron chi connectivity index (χ0n) is 18.1. The summed E-state index contributed by atoms with van der Waals surface area (Å²) in [7, 11) is 0. The second kappa shape index (κ2) is 7.47. The number of pyridine rings is 1. The highest BCUT2D eigenvalue weighted by molar-refractivity contribution is 6.01. The third kappa shape index (κ3) is 3.14. The van der Waals surface area contributed by atoms with Crippen molar-refractivity contribution >= 4 is 28.6 Å². The van der Waals surface area contributed by atoms with E-state index in [1.165, 1.54) is 6.07 Å². The van der Waals surface area contributed by atoms with Gasteiger partial charge in [0.1, 0.15) is 17.1 Å². The molecule has 0 atom stereocenters. The number of carbonyl (C=O) groups is 2. The first-order chi connectivity index (χ1) is 15.4. The van der Waals surface area contributed by atoms with Crippen LogP contribution in [0.25, 0.3) is 11.0 Å². The van der Waals surface area contributed by atoms with Gasteiger partial charge in [-0.25, -0.2) is 4.98 Å². The van der Waals surface area contributed by atoms with Gasteiger partial charge in [-0.05, 0) is 38.1 Å². The van der Waals surface area contributed by atoms with Gasteiger partial charge in [0.05, 0.1) is 10.9 Å². The van der Waals surface area contributed by atoms with Crippen LogP contribution < -0.4 is 15.6 Å². The summed E-state index contributed by atoms with van der Waals surface area (Å²) in [5.41, 5.74) is 1.10. The molecule has 0 saturated carbocycles. The number of fused-ring (bicyclic) bond motifs is 2. The number of likely N-dealkylation sites (tertiary alicyclic amines) is 1.